The summed E-state index contributed by atoms with van der Waals surface area (Å²) in [6.45, 7) is 2.81. The predicted octanol–water partition coefficient (Wildman–Crippen LogP) is 3.25. The molecule has 0 radical (unpaired) electrons. The largest absolute Gasteiger partial charge is 0.438 e. The van der Waals surface area contributed by atoms with Crippen molar-refractivity contribution < 1.29 is 4.74 Å². The number of hydrogen-bond acceptors (Lipinski definition) is 5. The van der Waals surface area contributed by atoms with Crippen LogP contribution in [0, 0.1) is 0 Å². The van der Waals surface area contributed by atoms with Crippen molar-refractivity contribution in [3.05, 3.63) is 48.9 Å². The Morgan fingerprint density at radius 2 is 2.05 bits per heavy atom. The van der Waals surface area contributed by atoms with Gasteiger partial charge in [-0.2, -0.15) is 0 Å². The first kappa shape index (κ1) is 12.3. The minimum Gasteiger partial charge on any atom is -0.438 e. The minimum absolute atomic E-state index is 0.507. The number of nitrogens with one attached hydrogen (secondary N) is 1. The Hall–Kier alpha value is -2.69. The van der Waals surface area contributed by atoms with Gasteiger partial charge in [-0.15, -0.1) is 0 Å². The summed E-state index contributed by atoms with van der Waals surface area (Å²) < 4.78 is 5.85. The van der Waals surface area contributed by atoms with Crippen molar-refractivity contribution in [3.63, 3.8) is 0 Å². The lowest BCUT2D eigenvalue weighted by Crippen LogP contribution is -2.00. The van der Waals surface area contributed by atoms with Gasteiger partial charge in [0.15, 0.2) is 0 Å². The molecule has 1 N–H and O–H groups in total. The average molecular weight is 266 g/mol. The Balaban J connectivity index is 1.95. The van der Waals surface area contributed by atoms with Crippen molar-refractivity contribution in [2.75, 3.05) is 11.9 Å². The number of anilines is 1. The second-order valence-corrected chi connectivity index (χ2v) is 4.20. The van der Waals surface area contributed by atoms with Gasteiger partial charge in [0.2, 0.25) is 5.88 Å². The highest BCUT2D eigenvalue weighted by atomic mass is 16.5. The highest BCUT2D eigenvalue weighted by Gasteiger charge is 2.05. The van der Waals surface area contributed by atoms with E-state index in [9.17, 15) is 0 Å². The Bertz CT molecular complexity index is 724. The van der Waals surface area contributed by atoms with E-state index in [1.165, 1.54) is 6.33 Å². The highest BCUT2D eigenvalue weighted by molar-refractivity contribution is 5.85. The first-order valence-corrected chi connectivity index (χ1v) is 6.44. The lowest BCUT2D eigenvalue weighted by Gasteiger charge is -2.08. The van der Waals surface area contributed by atoms with E-state index in [0.29, 0.717) is 5.88 Å². The highest BCUT2D eigenvalue weighted by Crippen LogP contribution is 2.28. The maximum atomic E-state index is 5.85. The molecule has 0 aliphatic heterocycles. The van der Waals surface area contributed by atoms with E-state index < -0.39 is 0 Å². The predicted molar refractivity (Wildman–Crippen MR) is 78.0 cm³/mol. The van der Waals surface area contributed by atoms with Crippen LogP contribution in [0.3, 0.4) is 0 Å². The number of rotatable bonds is 4. The van der Waals surface area contributed by atoms with Crippen LogP contribution in [-0.2, 0) is 0 Å². The lowest BCUT2D eigenvalue weighted by molar-refractivity contribution is 0.467. The second-order valence-electron chi connectivity index (χ2n) is 4.20. The number of nitrogens with zero attached hydrogens (tertiary/aromatic N) is 3. The molecule has 3 aromatic rings. The fourth-order valence-electron chi connectivity index (χ4n) is 1.95. The van der Waals surface area contributed by atoms with Crippen LogP contribution in [-0.4, -0.2) is 21.5 Å². The summed E-state index contributed by atoms with van der Waals surface area (Å²) in [5.74, 6) is 1.99. The summed E-state index contributed by atoms with van der Waals surface area (Å²) in [5.41, 5.74) is 0.894. The molecule has 2 heterocycles. The molecule has 0 spiro atoms. The maximum Gasteiger partial charge on any atom is 0.224 e. The smallest absolute Gasteiger partial charge is 0.224 e. The van der Waals surface area contributed by atoms with E-state index in [1.54, 1.807) is 12.3 Å². The zero-order valence-corrected chi connectivity index (χ0v) is 11.1. The summed E-state index contributed by atoms with van der Waals surface area (Å²) in [6, 6.07) is 11.4. The Morgan fingerprint density at radius 3 is 2.95 bits per heavy atom. The van der Waals surface area contributed by atoms with Crippen LogP contribution >= 0.6 is 0 Å². The molecule has 0 atom stereocenters. The van der Waals surface area contributed by atoms with E-state index in [4.69, 9.17) is 4.74 Å². The van der Waals surface area contributed by atoms with Gasteiger partial charge in [0.25, 0.3) is 0 Å². The molecule has 0 aliphatic rings. The summed E-state index contributed by atoms with van der Waals surface area (Å²) in [5, 5.41) is 4.08. The van der Waals surface area contributed by atoms with Gasteiger partial charge in [-0.05, 0) is 31.2 Å². The van der Waals surface area contributed by atoms with Gasteiger partial charge in [0, 0.05) is 24.2 Å². The molecule has 3 rings (SSSR count). The standard InChI is InChI=1S/C15H14N4O/c1-2-16-14-9-15(19-10-18-14)20-13-7-3-6-12-11(13)5-4-8-17-12/h3-10H,2H2,1H3,(H,16,18,19). The number of pyridine rings is 1. The lowest BCUT2D eigenvalue weighted by atomic mass is 10.2. The van der Waals surface area contributed by atoms with Crippen LogP contribution in [0.2, 0.25) is 0 Å². The monoisotopic (exact) mass is 266 g/mol. The van der Waals surface area contributed by atoms with Crippen molar-refractivity contribution in [2.45, 2.75) is 6.92 Å². The average Bonchev–Trinajstić information content (AvgIpc) is 2.48. The quantitative estimate of drug-likeness (QED) is 0.785. The zero-order chi connectivity index (χ0) is 13.8. The van der Waals surface area contributed by atoms with E-state index in [1.807, 2.05) is 37.3 Å². The normalized spacial score (nSPS) is 10.4. The molecule has 0 amide bonds. The molecule has 1 aromatic carbocycles. The van der Waals surface area contributed by atoms with E-state index in [-0.39, 0.29) is 0 Å². The van der Waals surface area contributed by atoms with Gasteiger partial charge in [0.1, 0.15) is 17.9 Å². The summed E-state index contributed by atoms with van der Waals surface area (Å²) >= 11 is 0. The van der Waals surface area contributed by atoms with Crippen molar-refractivity contribution in [1.82, 2.24) is 15.0 Å². The topological polar surface area (TPSA) is 59.9 Å². The summed E-state index contributed by atoms with van der Waals surface area (Å²) in [7, 11) is 0. The minimum atomic E-state index is 0.507. The summed E-state index contributed by atoms with van der Waals surface area (Å²) in [4.78, 5) is 12.6. The molecule has 0 bridgehead atoms. The third-order valence-corrected chi connectivity index (χ3v) is 2.82. The SMILES string of the molecule is CCNc1cc(Oc2cccc3ncccc23)ncn1. The first-order valence-electron chi connectivity index (χ1n) is 6.44. The van der Waals surface area contributed by atoms with Crippen LogP contribution in [0.5, 0.6) is 11.6 Å². The number of fused-ring (bicyclic) bond motifs is 1. The third kappa shape index (κ3) is 2.51. The molecule has 5 nitrogen and oxygen atoms in total. The van der Waals surface area contributed by atoms with Gasteiger partial charge in [0.05, 0.1) is 5.52 Å². The first-order chi connectivity index (χ1) is 9.86. The van der Waals surface area contributed by atoms with Crippen LogP contribution in [0.25, 0.3) is 10.9 Å². The van der Waals surface area contributed by atoms with Gasteiger partial charge >= 0.3 is 0 Å². The molecule has 100 valence electrons. The molecule has 0 saturated heterocycles. The van der Waals surface area contributed by atoms with Crippen molar-refractivity contribution >= 4 is 16.7 Å². The van der Waals surface area contributed by atoms with Crippen molar-refractivity contribution in [1.29, 1.82) is 0 Å². The Labute approximate surface area is 116 Å². The van der Waals surface area contributed by atoms with E-state index in [0.717, 1.165) is 29.0 Å². The molecule has 0 fully saturated rings. The Morgan fingerprint density at radius 1 is 1.10 bits per heavy atom. The van der Waals surface area contributed by atoms with Crippen LogP contribution in [0.15, 0.2) is 48.9 Å². The van der Waals surface area contributed by atoms with Crippen LogP contribution in [0.4, 0.5) is 5.82 Å². The number of ether oxygens (including phenoxy) is 1. The number of benzene rings is 1. The van der Waals surface area contributed by atoms with E-state index in [2.05, 4.69) is 20.3 Å². The van der Waals surface area contributed by atoms with Gasteiger partial charge in [-0.25, -0.2) is 9.97 Å². The van der Waals surface area contributed by atoms with Crippen LogP contribution < -0.4 is 10.1 Å². The molecule has 2 aromatic heterocycles. The number of hydrogen-bond donors (Lipinski definition) is 1. The maximum absolute atomic E-state index is 5.85. The molecule has 0 unspecified atom stereocenters. The molecule has 0 saturated carbocycles. The molecule has 5 heteroatoms. The fourth-order valence-corrected chi connectivity index (χ4v) is 1.95. The van der Waals surface area contributed by atoms with Gasteiger partial charge in [-0.1, -0.05) is 6.07 Å². The van der Waals surface area contributed by atoms with Crippen LogP contribution in [0.1, 0.15) is 6.92 Å². The fraction of sp³-hybridized carbons (Fsp3) is 0.133. The van der Waals surface area contributed by atoms with Crippen molar-refractivity contribution in [2.24, 2.45) is 0 Å². The number of aromatic nitrogens is 3. The second kappa shape index (κ2) is 5.52. The zero-order valence-electron chi connectivity index (χ0n) is 11.1. The molecule has 0 aliphatic carbocycles. The van der Waals surface area contributed by atoms with Gasteiger partial charge in [-0.3, -0.25) is 4.98 Å². The molecule has 20 heavy (non-hydrogen) atoms. The third-order valence-electron chi connectivity index (χ3n) is 2.82. The van der Waals surface area contributed by atoms with Crippen molar-refractivity contribution in [3.8, 4) is 11.6 Å². The Kier molecular flexibility index (Phi) is 3.41. The van der Waals surface area contributed by atoms with Gasteiger partial charge < -0.3 is 10.1 Å². The molecular formula is C15H14N4O. The van der Waals surface area contributed by atoms with E-state index >= 15 is 0 Å². The molecular weight excluding hydrogens is 252 g/mol. The summed E-state index contributed by atoms with van der Waals surface area (Å²) in [6.07, 6.45) is 3.25.